The van der Waals surface area contributed by atoms with Gasteiger partial charge in [-0.3, -0.25) is 0 Å². The van der Waals surface area contributed by atoms with E-state index >= 15 is 0 Å². The molecule has 2 aromatic carbocycles. The summed E-state index contributed by atoms with van der Waals surface area (Å²) in [4.78, 5) is 23.0. The predicted octanol–water partition coefficient (Wildman–Crippen LogP) is 4.59. The second-order valence-corrected chi connectivity index (χ2v) is 8.13. The number of tetrazole rings is 1. The fraction of sp³-hybridized carbons (Fsp3) is 0.154. The summed E-state index contributed by atoms with van der Waals surface area (Å²) in [5.74, 6) is 0.0296. The Morgan fingerprint density at radius 1 is 1.03 bits per heavy atom. The smallest absolute Gasteiger partial charge is 0.339 e. The van der Waals surface area contributed by atoms with Crippen molar-refractivity contribution in [2.45, 2.75) is 19.9 Å². The lowest BCUT2D eigenvalue weighted by Gasteiger charge is -2.25. The number of pyridine rings is 2. The van der Waals surface area contributed by atoms with E-state index < -0.39 is 5.97 Å². The maximum absolute atomic E-state index is 12.1. The number of aromatic amines is 1. The minimum atomic E-state index is -1.01. The van der Waals surface area contributed by atoms with Crippen LogP contribution in [0.4, 0.5) is 5.82 Å². The topological polar surface area (TPSA) is 121 Å². The van der Waals surface area contributed by atoms with Crippen LogP contribution < -0.4 is 4.90 Å². The Morgan fingerprint density at radius 2 is 1.83 bits per heavy atom. The van der Waals surface area contributed by atoms with Crippen molar-refractivity contribution in [3.8, 4) is 22.5 Å². The van der Waals surface area contributed by atoms with E-state index in [9.17, 15) is 9.90 Å². The zero-order chi connectivity index (χ0) is 24.2. The van der Waals surface area contributed by atoms with E-state index in [1.54, 1.807) is 18.3 Å². The first-order valence-corrected chi connectivity index (χ1v) is 11.3. The Bertz CT molecular complexity index is 1470. The van der Waals surface area contributed by atoms with Crippen LogP contribution in [-0.2, 0) is 6.54 Å². The van der Waals surface area contributed by atoms with Crippen LogP contribution in [0.2, 0.25) is 0 Å². The van der Waals surface area contributed by atoms with Gasteiger partial charge in [0.25, 0.3) is 0 Å². The summed E-state index contributed by atoms with van der Waals surface area (Å²) in [6.07, 6.45) is 2.51. The third-order valence-corrected chi connectivity index (χ3v) is 5.76. The lowest BCUT2D eigenvalue weighted by atomic mass is 9.98. The molecule has 5 aromatic rings. The number of benzene rings is 2. The van der Waals surface area contributed by atoms with Crippen LogP contribution in [-0.4, -0.2) is 48.2 Å². The minimum absolute atomic E-state index is 0.171. The third kappa shape index (κ3) is 4.56. The number of rotatable bonds is 8. The molecule has 0 spiro atoms. The van der Waals surface area contributed by atoms with E-state index in [0.717, 1.165) is 28.7 Å². The van der Waals surface area contributed by atoms with Crippen molar-refractivity contribution in [2.24, 2.45) is 0 Å². The summed E-state index contributed by atoms with van der Waals surface area (Å²) < 4.78 is 0. The van der Waals surface area contributed by atoms with Crippen LogP contribution in [0.3, 0.4) is 0 Å². The number of aromatic nitrogens is 6. The average Bonchev–Trinajstić information content (AvgIpc) is 3.43. The highest BCUT2D eigenvalue weighted by Gasteiger charge is 2.20. The van der Waals surface area contributed by atoms with Crippen molar-refractivity contribution in [1.82, 2.24) is 30.6 Å². The summed E-state index contributed by atoms with van der Waals surface area (Å²) >= 11 is 0. The number of H-pyrrole nitrogens is 1. The molecule has 0 fully saturated rings. The molecule has 2 N–H and O–H groups in total. The summed E-state index contributed by atoms with van der Waals surface area (Å²) in [6, 6.07) is 21.4. The Labute approximate surface area is 201 Å². The van der Waals surface area contributed by atoms with E-state index in [1.165, 1.54) is 0 Å². The Hall–Kier alpha value is -4.66. The molecule has 35 heavy (non-hydrogen) atoms. The zero-order valence-electron chi connectivity index (χ0n) is 19.1. The molecule has 9 nitrogen and oxygen atoms in total. The molecule has 0 bridgehead atoms. The second-order valence-electron chi connectivity index (χ2n) is 8.13. The maximum Gasteiger partial charge on any atom is 0.339 e. The first kappa shape index (κ1) is 22.1. The molecule has 0 saturated carbocycles. The van der Waals surface area contributed by atoms with E-state index in [4.69, 9.17) is 0 Å². The molecule has 5 rings (SSSR count). The highest BCUT2D eigenvalue weighted by Crippen LogP contribution is 2.30. The van der Waals surface area contributed by atoms with E-state index in [-0.39, 0.29) is 5.56 Å². The summed E-state index contributed by atoms with van der Waals surface area (Å²) in [6.45, 7) is 3.24. The van der Waals surface area contributed by atoms with Crippen molar-refractivity contribution < 1.29 is 9.90 Å². The van der Waals surface area contributed by atoms with Gasteiger partial charge in [0, 0.05) is 30.2 Å². The largest absolute Gasteiger partial charge is 0.478 e. The number of hydrogen-bond donors (Lipinski definition) is 2. The number of anilines is 1. The zero-order valence-corrected chi connectivity index (χ0v) is 19.1. The van der Waals surface area contributed by atoms with Gasteiger partial charge in [-0.25, -0.2) is 19.9 Å². The van der Waals surface area contributed by atoms with Gasteiger partial charge in [0.1, 0.15) is 11.4 Å². The summed E-state index contributed by atoms with van der Waals surface area (Å²) in [5, 5.41) is 24.8. The SMILES string of the molecule is CCCN(Cc1ccc(-c2ccccc2-c2nnn[nH]2)cc1)c1nc2ncccc2cc1C(=O)O. The fourth-order valence-corrected chi connectivity index (χ4v) is 4.15. The highest BCUT2D eigenvalue weighted by atomic mass is 16.4. The maximum atomic E-state index is 12.1. The molecule has 9 heteroatoms. The van der Waals surface area contributed by atoms with Gasteiger partial charge in [-0.2, -0.15) is 0 Å². The minimum Gasteiger partial charge on any atom is -0.478 e. The number of carbonyl (C=O) groups is 1. The number of carboxylic acids is 1. The van der Waals surface area contributed by atoms with Crippen LogP contribution in [0, 0.1) is 0 Å². The molecule has 0 saturated heterocycles. The van der Waals surface area contributed by atoms with E-state index in [2.05, 4.69) is 49.6 Å². The molecule has 0 aliphatic rings. The molecule has 0 radical (unpaired) electrons. The molecule has 0 atom stereocenters. The molecular weight excluding hydrogens is 442 g/mol. The van der Waals surface area contributed by atoms with Gasteiger partial charge in [0.15, 0.2) is 11.5 Å². The van der Waals surface area contributed by atoms with Gasteiger partial charge < -0.3 is 10.0 Å². The monoisotopic (exact) mass is 465 g/mol. The van der Waals surface area contributed by atoms with Gasteiger partial charge in [-0.05, 0) is 51.7 Å². The van der Waals surface area contributed by atoms with E-state index in [1.807, 2.05) is 47.4 Å². The predicted molar refractivity (Wildman–Crippen MR) is 133 cm³/mol. The standard InChI is InChI=1S/C26H23N7O2/c1-2-14-33(25-22(26(34)35)15-19-6-5-13-27-23(19)28-25)16-17-9-11-18(12-10-17)20-7-3-4-8-21(20)24-29-31-32-30-24/h3-13,15H,2,14,16H2,1H3,(H,34,35)(H,29,30,31,32). The quantitative estimate of drug-likeness (QED) is 0.341. The molecule has 0 amide bonds. The Balaban J connectivity index is 1.47. The molecular formula is C26H23N7O2. The number of nitrogens with one attached hydrogen (secondary N) is 1. The van der Waals surface area contributed by atoms with Crippen LogP contribution in [0.25, 0.3) is 33.5 Å². The highest BCUT2D eigenvalue weighted by molar-refractivity contribution is 5.97. The number of nitrogens with zero attached hydrogens (tertiary/aromatic N) is 6. The fourth-order valence-electron chi connectivity index (χ4n) is 4.15. The number of fused-ring (bicyclic) bond motifs is 1. The Kier molecular flexibility index (Phi) is 6.13. The van der Waals surface area contributed by atoms with Crippen LogP contribution in [0.5, 0.6) is 0 Å². The molecule has 0 unspecified atom stereocenters. The van der Waals surface area contributed by atoms with Crippen molar-refractivity contribution in [1.29, 1.82) is 0 Å². The lowest BCUT2D eigenvalue weighted by molar-refractivity contribution is 0.0697. The first-order chi connectivity index (χ1) is 17.1. The van der Waals surface area contributed by atoms with Gasteiger partial charge in [-0.1, -0.05) is 55.5 Å². The van der Waals surface area contributed by atoms with Gasteiger partial charge in [0.05, 0.1) is 0 Å². The van der Waals surface area contributed by atoms with Crippen molar-refractivity contribution >= 4 is 22.8 Å². The van der Waals surface area contributed by atoms with Gasteiger partial charge >= 0.3 is 5.97 Å². The van der Waals surface area contributed by atoms with E-state index in [0.29, 0.717) is 35.8 Å². The number of aromatic carboxylic acids is 1. The summed E-state index contributed by atoms with van der Waals surface area (Å²) in [5.41, 5.74) is 4.70. The summed E-state index contributed by atoms with van der Waals surface area (Å²) in [7, 11) is 0. The van der Waals surface area contributed by atoms with Crippen LogP contribution in [0.1, 0.15) is 29.3 Å². The molecule has 174 valence electrons. The van der Waals surface area contributed by atoms with Crippen molar-refractivity contribution in [2.75, 3.05) is 11.4 Å². The molecule has 0 aliphatic heterocycles. The van der Waals surface area contributed by atoms with Gasteiger partial charge in [0.2, 0.25) is 0 Å². The van der Waals surface area contributed by atoms with Crippen LogP contribution in [0.15, 0.2) is 72.9 Å². The van der Waals surface area contributed by atoms with Crippen molar-refractivity contribution in [3.05, 3.63) is 84.1 Å². The molecule has 0 aliphatic carbocycles. The lowest BCUT2D eigenvalue weighted by Crippen LogP contribution is -2.26. The third-order valence-electron chi connectivity index (χ3n) is 5.76. The molecule has 3 heterocycles. The van der Waals surface area contributed by atoms with Crippen LogP contribution >= 0.6 is 0 Å². The average molecular weight is 466 g/mol. The van der Waals surface area contributed by atoms with Crippen molar-refractivity contribution in [3.63, 3.8) is 0 Å². The molecule has 3 aromatic heterocycles. The Morgan fingerprint density at radius 3 is 2.54 bits per heavy atom. The van der Waals surface area contributed by atoms with Gasteiger partial charge in [-0.15, -0.1) is 5.10 Å². The number of carboxylic acid groups (broad SMARTS) is 1. The first-order valence-electron chi connectivity index (χ1n) is 11.3. The second kappa shape index (κ2) is 9.68. The normalized spacial score (nSPS) is 11.0. The number of hydrogen-bond acceptors (Lipinski definition) is 7.